The molecule has 0 saturated carbocycles. The molecular weight excluding hydrogens is 1040 g/mol. The van der Waals surface area contributed by atoms with Crippen molar-refractivity contribution in [3.63, 3.8) is 0 Å². The molecule has 82 heavy (non-hydrogen) atoms. The topological polar surface area (TPSA) is 108 Å². The number of unbranched alkanes of at least 4 members (excludes halogenated alkanes) is 23. The number of likely N-dealkylation sites (N-methyl/N-ethyl adjacent to an activating group) is 1. The first kappa shape index (κ1) is 78.1. The molecule has 0 rings (SSSR count). The first-order valence-electron chi connectivity index (χ1n) is 32.9. The first-order chi connectivity index (χ1) is 40.0. The van der Waals surface area contributed by atoms with E-state index in [9.17, 15) is 19.0 Å². The van der Waals surface area contributed by atoms with Gasteiger partial charge in [-0.2, -0.15) is 0 Å². The number of allylic oxidation sites excluding steroid dienone is 22. The number of nitrogens with zero attached hydrogens (tertiary/aromatic N) is 1. The lowest BCUT2D eigenvalue weighted by atomic mass is 10.0. The van der Waals surface area contributed by atoms with Crippen LogP contribution in [-0.2, 0) is 32.7 Å². The van der Waals surface area contributed by atoms with E-state index in [0.29, 0.717) is 17.4 Å². The first-order valence-corrected chi connectivity index (χ1v) is 34.4. The van der Waals surface area contributed by atoms with Crippen LogP contribution >= 0.6 is 7.82 Å². The largest absolute Gasteiger partial charge is 0.472 e. The van der Waals surface area contributed by atoms with Crippen molar-refractivity contribution in [2.75, 3.05) is 47.5 Å². The molecule has 0 bridgehead atoms. The highest BCUT2D eigenvalue weighted by molar-refractivity contribution is 7.47. The summed E-state index contributed by atoms with van der Waals surface area (Å²) < 4.78 is 34.6. The second-order valence-electron chi connectivity index (χ2n) is 22.8. The lowest BCUT2D eigenvalue weighted by Crippen LogP contribution is -2.37. The van der Waals surface area contributed by atoms with Crippen LogP contribution in [0.25, 0.3) is 0 Å². The van der Waals surface area contributed by atoms with Crippen LogP contribution in [0.5, 0.6) is 0 Å². The molecule has 0 saturated heterocycles. The summed E-state index contributed by atoms with van der Waals surface area (Å²) in [5, 5.41) is 0. The van der Waals surface area contributed by atoms with E-state index in [0.717, 1.165) is 109 Å². The number of esters is 2. The van der Waals surface area contributed by atoms with Crippen LogP contribution in [0.2, 0.25) is 0 Å². The highest BCUT2D eigenvalue weighted by Gasteiger charge is 2.27. The molecule has 1 N–H and O–H groups in total. The Labute approximate surface area is 504 Å². The Bertz CT molecular complexity index is 1850. The minimum absolute atomic E-state index is 0.0193. The third-order valence-corrected chi connectivity index (χ3v) is 14.6. The second-order valence-corrected chi connectivity index (χ2v) is 24.2. The molecule has 0 heterocycles. The summed E-state index contributed by atoms with van der Waals surface area (Å²) in [7, 11) is 1.44. The molecule has 2 unspecified atom stereocenters. The van der Waals surface area contributed by atoms with Gasteiger partial charge < -0.3 is 18.9 Å². The molecule has 0 fully saturated rings. The Morgan fingerprint density at radius 3 is 1.04 bits per heavy atom. The van der Waals surface area contributed by atoms with Crippen molar-refractivity contribution in [2.24, 2.45) is 0 Å². The lowest BCUT2D eigenvalue weighted by molar-refractivity contribution is -0.870. The van der Waals surface area contributed by atoms with Gasteiger partial charge in [0.25, 0.3) is 0 Å². The predicted octanol–water partition coefficient (Wildman–Crippen LogP) is 21.3. The summed E-state index contributed by atoms with van der Waals surface area (Å²) in [6, 6.07) is 0. The van der Waals surface area contributed by atoms with Crippen LogP contribution < -0.4 is 0 Å². The molecule has 0 radical (unpaired) electrons. The Morgan fingerprint density at radius 2 is 0.695 bits per heavy atom. The fourth-order valence-electron chi connectivity index (χ4n) is 8.63. The average molecular weight is 1160 g/mol. The van der Waals surface area contributed by atoms with E-state index >= 15 is 0 Å². The molecule has 0 aromatic heterocycles. The molecule has 9 nitrogen and oxygen atoms in total. The highest BCUT2D eigenvalue weighted by atomic mass is 31.2. The maximum atomic E-state index is 12.9. The normalized spacial score (nSPS) is 14.1. The summed E-state index contributed by atoms with van der Waals surface area (Å²) in [5.74, 6) is -0.832. The van der Waals surface area contributed by atoms with Crippen LogP contribution in [0.4, 0.5) is 0 Å². The summed E-state index contributed by atoms with van der Waals surface area (Å²) in [5.41, 5.74) is 0. The molecular formula is C72H123NO8P+. The van der Waals surface area contributed by atoms with Crippen molar-refractivity contribution in [1.82, 2.24) is 0 Å². The van der Waals surface area contributed by atoms with E-state index in [-0.39, 0.29) is 32.0 Å². The summed E-state index contributed by atoms with van der Waals surface area (Å²) in [6.07, 6.45) is 89.6. The molecule has 10 heteroatoms. The SMILES string of the molecule is CC/C=C\C/C=C\C/C=C\C/C=C\C/C=C\C/C=C\C/C=C\C/C=C\CCCCCCC(=O)OC(COC(=O)CCCCCCCCCCCCCCCC/C=C\C/C=C\C/C=C\CCCCCCC)COP(=O)(O)OCC[N+](C)(C)C. The van der Waals surface area contributed by atoms with Gasteiger partial charge in [0.15, 0.2) is 6.10 Å². The number of hydrogen-bond acceptors (Lipinski definition) is 7. The van der Waals surface area contributed by atoms with Gasteiger partial charge in [-0.3, -0.25) is 18.6 Å². The molecule has 0 aliphatic carbocycles. The summed E-state index contributed by atoms with van der Waals surface area (Å²) in [6.45, 7) is 4.28. The smallest absolute Gasteiger partial charge is 0.462 e. The Balaban J connectivity index is 4.19. The van der Waals surface area contributed by atoms with Crippen LogP contribution in [0.3, 0.4) is 0 Å². The van der Waals surface area contributed by atoms with Gasteiger partial charge in [-0.15, -0.1) is 0 Å². The Hall–Kier alpha value is -3.85. The minimum Gasteiger partial charge on any atom is -0.462 e. The van der Waals surface area contributed by atoms with Crippen molar-refractivity contribution >= 4 is 19.8 Å². The highest BCUT2D eigenvalue weighted by Crippen LogP contribution is 2.43. The van der Waals surface area contributed by atoms with Crippen molar-refractivity contribution in [3.05, 3.63) is 134 Å². The van der Waals surface area contributed by atoms with Crippen molar-refractivity contribution < 1.29 is 42.1 Å². The van der Waals surface area contributed by atoms with Crippen LogP contribution in [0.1, 0.15) is 258 Å². The number of carbonyl (C=O) groups is 2. The zero-order valence-corrected chi connectivity index (χ0v) is 54.1. The number of hydrogen-bond donors (Lipinski definition) is 1. The third-order valence-electron chi connectivity index (χ3n) is 13.7. The van der Waals surface area contributed by atoms with Gasteiger partial charge >= 0.3 is 19.8 Å². The maximum absolute atomic E-state index is 12.9. The minimum atomic E-state index is -4.41. The van der Waals surface area contributed by atoms with Gasteiger partial charge in [-0.1, -0.05) is 263 Å². The molecule has 468 valence electrons. The van der Waals surface area contributed by atoms with Crippen LogP contribution in [0, 0.1) is 0 Å². The zero-order chi connectivity index (χ0) is 59.8. The van der Waals surface area contributed by atoms with Gasteiger partial charge in [-0.25, -0.2) is 4.57 Å². The molecule has 0 aromatic rings. The molecule has 0 spiro atoms. The van der Waals surface area contributed by atoms with Gasteiger partial charge in [0.1, 0.15) is 19.8 Å². The molecule has 0 aliphatic rings. The average Bonchev–Trinajstić information content (AvgIpc) is 3.45. The third kappa shape index (κ3) is 65.3. The van der Waals surface area contributed by atoms with Gasteiger partial charge in [-0.05, 0) is 116 Å². The van der Waals surface area contributed by atoms with Gasteiger partial charge in [0, 0.05) is 12.8 Å². The van der Waals surface area contributed by atoms with E-state index in [4.69, 9.17) is 18.5 Å². The van der Waals surface area contributed by atoms with E-state index in [1.165, 1.54) is 116 Å². The number of ether oxygens (including phenoxy) is 2. The van der Waals surface area contributed by atoms with Gasteiger partial charge in [0.05, 0.1) is 27.7 Å². The number of phosphoric acid groups is 1. The standard InChI is InChI=1S/C72H122NO8P/c1-6-8-10-12-14-16-18-20-22-24-26-28-30-32-34-36-38-40-42-44-46-48-50-52-54-56-58-60-62-64-71(74)78-68-70(69-80-82(76,77)79-67-66-73(3,4)5)81-72(75)65-63-61-59-57-55-53-51-49-47-45-43-41-39-37-35-33-31-29-27-25-23-21-19-17-15-13-11-9-7-2/h9,11,15,17-18,20-21,23-24,26-27,29-30,32-33,35,39,41,45,47,51,53,70H,6-8,10,12-14,16,19,22,25,28,31,34,36-38,40,42-44,46,48-50,52,54-69H2,1-5H3/p+1/b11-9-,17-15-,20-18-,23-21-,26-24-,29-27-,32-30-,35-33-,41-39-,47-45-,53-51-. The van der Waals surface area contributed by atoms with E-state index in [1.54, 1.807) is 0 Å². The number of carbonyl (C=O) groups excluding carboxylic acids is 2. The predicted molar refractivity (Wildman–Crippen MR) is 353 cm³/mol. The Morgan fingerprint density at radius 1 is 0.390 bits per heavy atom. The fourth-order valence-corrected chi connectivity index (χ4v) is 9.37. The van der Waals surface area contributed by atoms with E-state index in [2.05, 4.69) is 148 Å². The molecule has 0 amide bonds. The van der Waals surface area contributed by atoms with Crippen molar-refractivity contribution in [1.29, 1.82) is 0 Å². The second kappa shape index (κ2) is 61.7. The molecule has 2 atom stereocenters. The van der Waals surface area contributed by atoms with Crippen LogP contribution in [-0.4, -0.2) is 74.9 Å². The van der Waals surface area contributed by atoms with Crippen molar-refractivity contribution in [2.45, 2.75) is 264 Å². The molecule has 0 aliphatic heterocycles. The monoisotopic (exact) mass is 1160 g/mol. The molecule has 0 aromatic carbocycles. The number of rotatable bonds is 59. The fraction of sp³-hybridized carbons (Fsp3) is 0.667. The van der Waals surface area contributed by atoms with Crippen LogP contribution in [0.15, 0.2) is 134 Å². The summed E-state index contributed by atoms with van der Waals surface area (Å²) >= 11 is 0. The Kier molecular flexibility index (Phi) is 58.8. The lowest BCUT2D eigenvalue weighted by Gasteiger charge is -2.24. The van der Waals surface area contributed by atoms with E-state index < -0.39 is 26.5 Å². The maximum Gasteiger partial charge on any atom is 0.472 e. The van der Waals surface area contributed by atoms with E-state index in [1.807, 2.05) is 21.1 Å². The van der Waals surface area contributed by atoms with Crippen molar-refractivity contribution in [3.8, 4) is 0 Å². The quantitative estimate of drug-likeness (QED) is 0.0211. The number of quaternary nitrogens is 1. The summed E-state index contributed by atoms with van der Waals surface area (Å²) in [4.78, 5) is 35.8. The zero-order valence-electron chi connectivity index (χ0n) is 53.2. The number of phosphoric ester groups is 1. The van der Waals surface area contributed by atoms with Gasteiger partial charge in [0.2, 0.25) is 0 Å².